The number of hydrogen-bond acceptors (Lipinski definition) is 8. The van der Waals surface area contributed by atoms with Crippen LogP contribution in [-0.2, 0) is 19.6 Å². The summed E-state index contributed by atoms with van der Waals surface area (Å²) in [6.07, 6.45) is -5.36. The highest BCUT2D eigenvalue weighted by atomic mass is 32.2. The number of methoxy groups -OCH3 is 1. The lowest BCUT2D eigenvalue weighted by atomic mass is 10.0. The van der Waals surface area contributed by atoms with E-state index in [1.807, 2.05) is 10.0 Å². The first-order chi connectivity index (χ1) is 16.8. The van der Waals surface area contributed by atoms with Gasteiger partial charge in [-0.2, -0.15) is 0 Å². The Labute approximate surface area is 201 Å². The molecule has 2 aliphatic rings. The number of carbonyl (C=O) groups is 4. The van der Waals surface area contributed by atoms with Gasteiger partial charge < -0.3 is 9.47 Å². The summed E-state index contributed by atoms with van der Waals surface area (Å²) >= 11 is 0. The third-order valence-electron chi connectivity index (χ3n) is 5.37. The van der Waals surface area contributed by atoms with Crippen LogP contribution in [0.1, 0.15) is 33.6 Å². The molecule has 2 N–H and O–H groups in total. The molecular formula is C21H16F3N3O8S. The van der Waals surface area contributed by atoms with E-state index in [1.54, 1.807) is 0 Å². The van der Waals surface area contributed by atoms with Crippen LogP contribution in [0.2, 0.25) is 0 Å². The molecule has 190 valence electrons. The number of sulfonamides is 1. The van der Waals surface area contributed by atoms with E-state index in [0.717, 1.165) is 37.4 Å². The van der Waals surface area contributed by atoms with Crippen molar-refractivity contribution < 1.29 is 50.2 Å². The van der Waals surface area contributed by atoms with Gasteiger partial charge in [-0.1, -0.05) is 12.1 Å². The minimum atomic E-state index is -5.16. The van der Waals surface area contributed by atoms with Crippen LogP contribution in [0.25, 0.3) is 0 Å². The Morgan fingerprint density at radius 3 is 2.28 bits per heavy atom. The van der Waals surface area contributed by atoms with Crippen molar-refractivity contribution in [2.45, 2.75) is 30.1 Å². The number of rotatable bonds is 6. The van der Waals surface area contributed by atoms with Gasteiger partial charge in [0.25, 0.3) is 21.8 Å². The van der Waals surface area contributed by atoms with E-state index in [4.69, 9.17) is 4.74 Å². The Hall–Kier alpha value is -4.14. The van der Waals surface area contributed by atoms with Crippen LogP contribution in [0.5, 0.6) is 11.5 Å². The third kappa shape index (κ3) is 4.56. The maximum absolute atomic E-state index is 13.0. The zero-order chi connectivity index (χ0) is 26.4. The summed E-state index contributed by atoms with van der Waals surface area (Å²) < 4.78 is 75.1. The first kappa shape index (κ1) is 25.0. The van der Waals surface area contributed by atoms with Gasteiger partial charge in [-0.3, -0.25) is 34.1 Å². The Bertz CT molecular complexity index is 1410. The lowest BCUT2D eigenvalue weighted by molar-refractivity contribution is -0.275. The van der Waals surface area contributed by atoms with E-state index in [1.165, 1.54) is 6.07 Å². The Morgan fingerprint density at radius 1 is 1.03 bits per heavy atom. The Balaban J connectivity index is 1.70. The Morgan fingerprint density at radius 2 is 1.67 bits per heavy atom. The number of anilines is 1. The SMILES string of the molecule is COc1cc2c(cc1NS(=O)(=O)c1ccccc1OC(F)(F)F)C(=O)N(C1CCC(=O)NC1=O)C2=O. The topological polar surface area (TPSA) is 148 Å². The highest BCUT2D eigenvalue weighted by Crippen LogP contribution is 2.37. The predicted molar refractivity (Wildman–Crippen MR) is 114 cm³/mol. The monoisotopic (exact) mass is 527 g/mol. The lowest BCUT2D eigenvalue weighted by Crippen LogP contribution is -2.54. The molecule has 15 heteroatoms. The average molecular weight is 527 g/mol. The quantitative estimate of drug-likeness (QED) is 0.541. The molecule has 1 unspecified atom stereocenters. The first-order valence-corrected chi connectivity index (χ1v) is 11.6. The van der Waals surface area contributed by atoms with Gasteiger partial charge >= 0.3 is 6.36 Å². The number of hydrogen-bond donors (Lipinski definition) is 2. The molecule has 0 aromatic heterocycles. The van der Waals surface area contributed by atoms with E-state index in [0.29, 0.717) is 4.90 Å². The highest BCUT2D eigenvalue weighted by molar-refractivity contribution is 7.92. The number of carbonyl (C=O) groups excluding carboxylic acids is 4. The van der Waals surface area contributed by atoms with Crippen molar-refractivity contribution in [3.05, 3.63) is 47.5 Å². The number of imide groups is 2. The van der Waals surface area contributed by atoms with Gasteiger partial charge in [-0.05, 0) is 30.7 Å². The summed E-state index contributed by atoms with van der Waals surface area (Å²) in [6, 6.07) is 4.79. The summed E-state index contributed by atoms with van der Waals surface area (Å²) in [5, 5.41) is 2.05. The van der Waals surface area contributed by atoms with Gasteiger partial charge in [0.15, 0.2) is 0 Å². The molecule has 4 rings (SSSR count). The molecule has 11 nitrogen and oxygen atoms in total. The van der Waals surface area contributed by atoms with Crippen LogP contribution in [-0.4, -0.2) is 56.5 Å². The second-order valence-corrected chi connectivity index (χ2v) is 9.30. The molecule has 0 bridgehead atoms. The van der Waals surface area contributed by atoms with Crippen LogP contribution < -0.4 is 19.5 Å². The van der Waals surface area contributed by atoms with Crippen molar-refractivity contribution >= 4 is 39.3 Å². The van der Waals surface area contributed by atoms with Crippen molar-refractivity contribution in [2.24, 2.45) is 0 Å². The molecular weight excluding hydrogens is 511 g/mol. The summed E-state index contributed by atoms with van der Waals surface area (Å²) in [6.45, 7) is 0. The van der Waals surface area contributed by atoms with Crippen molar-refractivity contribution in [1.82, 2.24) is 10.2 Å². The second-order valence-electron chi connectivity index (χ2n) is 7.65. The molecule has 2 aromatic carbocycles. The van der Waals surface area contributed by atoms with Crippen molar-refractivity contribution in [2.75, 3.05) is 11.8 Å². The molecule has 0 aliphatic carbocycles. The van der Waals surface area contributed by atoms with E-state index in [-0.39, 0.29) is 35.4 Å². The Kier molecular flexibility index (Phi) is 6.12. The number of alkyl halides is 3. The zero-order valence-corrected chi connectivity index (χ0v) is 19.0. The van der Waals surface area contributed by atoms with E-state index >= 15 is 0 Å². The van der Waals surface area contributed by atoms with Crippen LogP contribution >= 0.6 is 0 Å². The van der Waals surface area contributed by atoms with Gasteiger partial charge in [-0.15, -0.1) is 13.2 Å². The number of nitrogens with one attached hydrogen (secondary N) is 2. The van der Waals surface area contributed by atoms with E-state index < -0.39 is 56.7 Å². The molecule has 2 heterocycles. The summed E-state index contributed by atoms with van der Waals surface area (Å²) in [5.74, 6) is -4.39. The molecule has 2 aliphatic heterocycles. The number of ether oxygens (including phenoxy) is 2. The third-order valence-corrected chi connectivity index (χ3v) is 6.77. The minimum absolute atomic E-state index is 0.0945. The molecule has 0 radical (unpaired) electrons. The number of para-hydroxylation sites is 1. The molecule has 1 saturated heterocycles. The maximum atomic E-state index is 13.0. The fourth-order valence-electron chi connectivity index (χ4n) is 3.83. The number of halogens is 3. The van der Waals surface area contributed by atoms with E-state index in [2.05, 4.69) is 4.74 Å². The zero-order valence-electron chi connectivity index (χ0n) is 18.2. The molecule has 1 fully saturated rings. The molecule has 0 spiro atoms. The van der Waals surface area contributed by atoms with Crippen molar-refractivity contribution in [3.8, 4) is 11.5 Å². The smallest absolute Gasteiger partial charge is 0.495 e. The van der Waals surface area contributed by atoms with Crippen LogP contribution in [0.4, 0.5) is 18.9 Å². The fourth-order valence-corrected chi connectivity index (χ4v) is 5.02. The van der Waals surface area contributed by atoms with Gasteiger partial charge in [0.2, 0.25) is 11.8 Å². The predicted octanol–water partition coefficient (Wildman–Crippen LogP) is 1.80. The highest BCUT2D eigenvalue weighted by Gasteiger charge is 2.45. The second kappa shape index (κ2) is 8.82. The standard InChI is InChI=1S/C21H16F3N3O8S/c1-34-15-9-11-10(19(30)27(20(11)31)13-6-7-17(28)25-18(13)29)8-12(15)26-36(32,33)16-5-3-2-4-14(16)35-21(22,23)24/h2-5,8-9,13,26H,6-7H2,1H3,(H,25,28,29). The van der Waals surface area contributed by atoms with Gasteiger partial charge in [-0.25, -0.2) is 8.42 Å². The summed E-state index contributed by atoms with van der Waals surface area (Å²) in [4.78, 5) is 49.4. The van der Waals surface area contributed by atoms with Crippen molar-refractivity contribution in [1.29, 1.82) is 0 Å². The minimum Gasteiger partial charge on any atom is -0.495 e. The number of nitrogens with zero attached hydrogens (tertiary/aromatic N) is 1. The van der Waals surface area contributed by atoms with E-state index in [9.17, 15) is 40.8 Å². The molecule has 1 atom stereocenters. The average Bonchev–Trinajstić information content (AvgIpc) is 3.01. The first-order valence-electron chi connectivity index (χ1n) is 10.1. The van der Waals surface area contributed by atoms with Gasteiger partial charge in [0.05, 0.1) is 23.9 Å². The number of benzene rings is 2. The molecule has 4 amide bonds. The lowest BCUT2D eigenvalue weighted by Gasteiger charge is -2.27. The van der Waals surface area contributed by atoms with Crippen LogP contribution in [0, 0.1) is 0 Å². The number of fused-ring (bicyclic) bond motifs is 1. The maximum Gasteiger partial charge on any atom is 0.573 e. The number of amides is 4. The van der Waals surface area contributed by atoms with Crippen molar-refractivity contribution in [3.63, 3.8) is 0 Å². The normalized spacial score (nSPS) is 18.1. The molecule has 36 heavy (non-hydrogen) atoms. The fraction of sp³-hybridized carbons (Fsp3) is 0.238. The van der Waals surface area contributed by atoms with Crippen LogP contribution in [0.3, 0.4) is 0 Å². The van der Waals surface area contributed by atoms with Crippen LogP contribution in [0.15, 0.2) is 41.3 Å². The summed E-state index contributed by atoms with van der Waals surface area (Å²) in [5.41, 5.74) is -0.822. The largest absolute Gasteiger partial charge is 0.573 e. The molecule has 0 saturated carbocycles. The van der Waals surface area contributed by atoms with Gasteiger partial charge in [0, 0.05) is 6.42 Å². The number of piperidine rings is 1. The van der Waals surface area contributed by atoms with Gasteiger partial charge in [0.1, 0.15) is 22.4 Å². The summed E-state index contributed by atoms with van der Waals surface area (Å²) in [7, 11) is -3.57. The molecule has 2 aromatic rings.